The van der Waals surface area contributed by atoms with Crippen LogP contribution in [0.5, 0.6) is 0 Å². The fraction of sp³-hybridized carbons (Fsp3) is 0.542. The Hall–Kier alpha value is -2.54. The van der Waals surface area contributed by atoms with Gasteiger partial charge < -0.3 is 14.5 Å². The van der Waals surface area contributed by atoms with Crippen LogP contribution >= 0.6 is 11.6 Å². The van der Waals surface area contributed by atoms with E-state index in [0.29, 0.717) is 36.6 Å². The quantitative estimate of drug-likeness (QED) is 0.642. The van der Waals surface area contributed by atoms with Gasteiger partial charge >= 0.3 is 6.09 Å². The minimum absolute atomic E-state index is 0.0141. The molecule has 0 aliphatic carbocycles. The van der Waals surface area contributed by atoms with Gasteiger partial charge in [0.25, 0.3) is 5.91 Å². The molecule has 0 radical (unpaired) electrons. The van der Waals surface area contributed by atoms with Crippen LogP contribution in [0.25, 0.3) is 5.69 Å². The zero-order valence-electron chi connectivity index (χ0n) is 19.6. The van der Waals surface area contributed by atoms with E-state index in [4.69, 9.17) is 16.3 Å². The highest BCUT2D eigenvalue weighted by Gasteiger charge is 2.29. The predicted molar refractivity (Wildman–Crippen MR) is 125 cm³/mol. The molecule has 1 saturated heterocycles. The van der Waals surface area contributed by atoms with Gasteiger partial charge in [0.1, 0.15) is 5.60 Å². The van der Waals surface area contributed by atoms with E-state index in [1.54, 1.807) is 22.8 Å². The van der Waals surface area contributed by atoms with Crippen LogP contribution in [-0.4, -0.2) is 63.9 Å². The van der Waals surface area contributed by atoms with E-state index >= 15 is 0 Å². The monoisotopic (exact) mass is 460 g/mol. The zero-order chi connectivity index (χ0) is 23.5. The summed E-state index contributed by atoms with van der Waals surface area (Å²) in [6, 6.07) is 7.45. The maximum absolute atomic E-state index is 13.4. The number of hydrogen-bond acceptors (Lipinski definition) is 4. The molecule has 8 heteroatoms. The molecule has 1 atom stereocenters. The first kappa shape index (κ1) is 24.1. The normalized spacial score (nSPS) is 16.7. The second kappa shape index (κ2) is 9.94. The van der Waals surface area contributed by atoms with Crippen molar-refractivity contribution in [3.63, 3.8) is 0 Å². The number of piperidine rings is 1. The molecule has 32 heavy (non-hydrogen) atoms. The number of aromatic nitrogens is 2. The fourth-order valence-corrected chi connectivity index (χ4v) is 4.28. The van der Waals surface area contributed by atoms with Gasteiger partial charge in [0.05, 0.1) is 23.1 Å². The molecule has 1 fully saturated rings. The first-order chi connectivity index (χ1) is 15.1. The fourth-order valence-electron chi connectivity index (χ4n) is 4.09. The molecule has 1 unspecified atom stereocenters. The number of halogens is 1. The molecule has 1 aromatic carbocycles. The van der Waals surface area contributed by atoms with Gasteiger partial charge in [-0.1, -0.05) is 24.6 Å². The summed E-state index contributed by atoms with van der Waals surface area (Å²) in [7, 11) is 1.75. The van der Waals surface area contributed by atoms with Gasteiger partial charge in [-0.15, -0.1) is 0 Å². The number of rotatable bonds is 5. The van der Waals surface area contributed by atoms with Crippen LogP contribution in [0.4, 0.5) is 4.79 Å². The first-order valence-corrected chi connectivity index (χ1v) is 11.5. The molecule has 1 aromatic heterocycles. The van der Waals surface area contributed by atoms with Crippen LogP contribution in [0.15, 0.2) is 30.5 Å². The standard InChI is InChI=1S/C24H33ClN4O3/c1-6-21-20(14-26-29(21)19-11-7-10-18(25)13-19)22(30)28-12-8-9-17(16-28)15-27(5)23(31)32-24(2,3)4/h7,10-11,13-14,17H,6,8-9,12,15-16H2,1-5H3. The number of carbonyl (C=O) groups is 2. The van der Waals surface area contributed by atoms with Crippen molar-refractivity contribution >= 4 is 23.6 Å². The third-order valence-electron chi connectivity index (χ3n) is 5.53. The lowest BCUT2D eigenvalue weighted by molar-refractivity contribution is 0.0244. The summed E-state index contributed by atoms with van der Waals surface area (Å²) in [5.74, 6) is 0.193. The minimum atomic E-state index is -0.528. The number of likely N-dealkylation sites (tertiary alicyclic amines) is 1. The number of carbonyl (C=O) groups excluding carboxylic acids is 2. The maximum Gasteiger partial charge on any atom is 0.410 e. The van der Waals surface area contributed by atoms with Gasteiger partial charge in [-0.2, -0.15) is 5.10 Å². The summed E-state index contributed by atoms with van der Waals surface area (Å²) in [5.41, 5.74) is 1.79. The van der Waals surface area contributed by atoms with Crippen molar-refractivity contribution in [3.8, 4) is 5.69 Å². The third kappa shape index (κ3) is 5.82. The van der Waals surface area contributed by atoms with Crippen molar-refractivity contribution in [2.75, 3.05) is 26.7 Å². The third-order valence-corrected chi connectivity index (χ3v) is 5.77. The zero-order valence-corrected chi connectivity index (χ0v) is 20.4. The smallest absolute Gasteiger partial charge is 0.410 e. The topological polar surface area (TPSA) is 67.7 Å². The van der Waals surface area contributed by atoms with E-state index in [-0.39, 0.29) is 17.9 Å². The molecule has 7 nitrogen and oxygen atoms in total. The Morgan fingerprint density at radius 3 is 2.72 bits per heavy atom. The summed E-state index contributed by atoms with van der Waals surface area (Å²) in [5, 5.41) is 5.11. The molecular weight excluding hydrogens is 428 g/mol. The number of nitrogens with zero attached hydrogens (tertiary/aromatic N) is 4. The lowest BCUT2D eigenvalue weighted by Crippen LogP contribution is -2.45. The summed E-state index contributed by atoms with van der Waals surface area (Å²) < 4.78 is 7.24. The first-order valence-electron chi connectivity index (χ1n) is 11.1. The summed E-state index contributed by atoms with van der Waals surface area (Å²) in [6.45, 7) is 9.46. The van der Waals surface area contributed by atoms with Crippen LogP contribution in [0.1, 0.15) is 56.6 Å². The van der Waals surface area contributed by atoms with Crippen molar-refractivity contribution in [1.82, 2.24) is 19.6 Å². The summed E-state index contributed by atoms with van der Waals surface area (Å²) >= 11 is 6.14. The Labute approximate surface area is 195 Å². The predicted octanol–water partition coefficient (Wildman–Crippen LogP) is 4.81. The Morgan fingerprint density at radius 2 is 2.06 bits per heavy atom. The number of amides is 2. The molecule has 2 aromatic rings. The van der Waals surface area contributed by atoms with Crippen LogP contribution in [0, 0.1) is 5.92 Å². The number of hydrogen-bond donors (Lipinski definition) is 0. The summed E-state index contributed by atoms with van der Waals surface area (Å²) in [4.78, 5) is 29.2. The molecule has 2 heterocycles. The molecule has 0 N–H and O–H groups in total. The minimum Gasteiger partial charge on any atom is -0.444 e. The Bertz CT molecular complexity index is 966. The van der Waals surface area contributed by atoms with E-state index in [9.17, 15) is 9.59 Å². The van der Waals surface area contributed by atoms with Crippen molar-refractivity contribution < 1.29 is 14.3 Å². The molecule has 174 valence electrons. The van der Waals surface area contributed by atoms with Gasteiger partial charge in [-0.05, 0) is 64.2 Å². The molecule has 0 bridgehead atoms. The van der Waals surface area contributed by atoms with E-state index < -0.39 is 5.60 Å². The van der Waals surface area contributed by atoms with Crippen molar-refractivity contribution in [2.24, 2.45) is 5.92 Å². The Kier molecular flexibility index (Phi) is 7.49. The Balaban J connectivity index is 1.71. The molecule has 2 amide bonds. The van der Waals surface area contributed by atoms with Crippen molar-refractivity contribution in [2.45, 2.75) is 52.6 Å². The second-order valence-electron chi connectivity index (χ2n) is 9.37. The second-order valence-corrected chi connectivity index (χ2v) is 9.81. The van der Waals surface area contributed by atoms with Gasteiger partial charge in [0.2, 0.25) is 0 Å². The molecular formula is C24H33ClN4O3. The molecule has 0 saturated carbocycles. The van der Waals surface area contributed by atoms with Crippen LogP contribution in [0.2, 0.25) is 5.02 Å². The van der Waals surface area contributed by atoms with Crippen LogP contribution < -0.4 is 0 Å². The van der Waals surface area contributed by atoms with Gasteiger partial charge in [0.15, 0.2) is 0 Å². The van der Waals surface area contributed by atoms with E-state index in [2.05, 4.69) is 5.10 Å². The summed E-state index contributed by atoms with van der Waals surface area (Å²) in [6.07, 6.45) is 3.86. The average Bonchev–Trinajstić information content (AvgIpc) is 3.16. The highest BCUT2D eigenvalue weighted by atomic mass is 35.5. The van der Waals surface area contributed by atoms with Crippen molar-refractivity contribution in [1.29, 1.82) is 0 Å². The van der Waals surface area contributed by atoms with Gasteiger partial charge in [-0.3, -0.25) is 4.79 Å². The van der Waals surface area contributed by atoms with Crippen molar-refractivity contribution in [3.05, 3.63) is 46.7 Å². The average molecular weight is 461 g/mol. The van der Waals surface area contributed by atoms with E-state index in [1.165, 1.54) is 0 Å². The molecule has 3 rings (SSSR count). The van der Waals surface area contributed by atoms with Gasteiger partial charge in [-0.25, -0.2) is 9.48 Å². The number of ether oxygens (including phenoxy) is 1. The van der Waals surface area contributed by atoms with E-state index in [0.717, 1.165) is 24.2 Å². The SMILES string of the molecule is CCc1c(C(=O)N2CCCC(CN(C)C(=O)OC(C)(C)C)C2)cnn1-c1cccc(Cl)c1. The Morgan fingerprint density at radius 1 is 1.31 bits per heavy atom. The van der Waals surface area contributed by atoms with Crippen LogP contribution in [-0.2, 0) is 11.2 Å². The van der Waals surface area contributed by atoms with Gasteiger partial charge in [0, 0.05) is 31.7 Å². The largest absolute Gasteiger partial charge is 0.444 e. The lowest BCUT2D eigenvalue weighted by atomic mass is 9.97. The molecule has 1 aliphatic rings. The number of benzene rings is 1. The van der Waals surface area contributed by atoms with E-state index in [1.807, 2.05) is 56.9 Å². The highest BCUT2D eigenvalue weighted by Crippen LogP contribution is 2.24. The molecule has 0 spiro atoms. The van der Waals surface area contributed by atoms with Crippen LogP contribution in [0.3, 0.4) is 0 Å². The molecule has 1 aliphatic heterocycles. The highest BCUT2D eigenvalue weighted by molar-refractivity contribution is 6.30. The maximum atomic E-state index is 13.4. The lowest BCUT2D eigenvalue weighted by Gasteiger charge is -2.35.